The summed E-state index contributed by atoms with van der Waals surface area (Å²) in [6, 6.07) is 9.49. The molecule has 2 amide bonds. The summed E-state index contributed by atoms with van der Waals surface area (Å²) in [5.74, 6) is -0.327. The lowest BCUT2D eigenvalue weighted by Crippen LogP contribution is -2.34. The molecule has 1 aromatic carbocycles. The third-order valence-corrected chi connectivity index (χ3v) is 5.42. The van der Waals surface area contributed by atoms with E-state index in [0.717, 1.165) is 21.0 Å². The molecule has 2 aromatic rings. The third kappa shape index (κ3) is 4.36. The molecular formula is C17H20N2O2S2. The second-order valence-electron chi connectivity index (χ2n) is 5.26. The Kier molecular flexibility index (Phi) is 5.85. The van der Waals surface area contributed by atoms with E-state index in [9.17, 15) is 9.59 Å². The van der Waals surface area contributed by atoms with Gasteiger partial charge in [-0.1, -0.05) is 12.1 Å². The number of hydrogen-bond donors (Lipinski definition) is 1. The van der Waals surface area contributed by atoms with E-state index in [4.69, 9.17) is 0 Å². The van der Waals surface area contributed by atoms with Gasteiger partial charge in [0.1, 0.15) is 0 Å². The number of thiophene rings is 1. The minimum Gasteiger partial charge on any atom is -0.332 e. The van der Waals surface area contributed by atoms with Gasteiger partial charge >= 0.3 is 0 Å². The molecule has 4 nitrogen and oxygen atoms in total. The number of rotatable bonds is 5. The van der Waals surface area contributed by atoms with Crippen LogP contribution in [0.4, 0.5) is 5.69 Å². The van der Waals surface area contributed by atoms with Crippen molar-refractivity contribution in [2.24, 2.45) is 0 Å². The number of thioether (sulfide) groups is 1. The summed E-state index contributed by atoms with van der Waals surface area (Å²) >= 11 is 3.03. The standard InChI is InChI=1S/C17H20N2O2S2/c1-11-9-15(23-12(11)2)17(21)19(3)10-16(20)18-13-7-5-6-8-14(13)22-4/h5-9H,10H2,1-4H3,(H,18,20). The number of nitrogens with one attached hydrogen (secondary N) is 1. The molecule has 0 spiro atoms. The van der Waals surface area contributed by atoms with Gasteiger partial charge in [-0.05, 0) is 43.9 Å². The van der Waals surface area contributed by atoms with Crippen LogP contribution in [0.2, 0.25) is 0 Å². The number of carbonyl (C=O) groups is 2. The Balaban J connectivity index is 2.00. The fourth-order valence-corrected chi connectivity index (χ4v) is 3.67. The minimum absolute atomic E-state index is 0.0253. The van der Waals surface area contributed by atoms with Crippen LogP contribution in [0.3, 0.4) is 0 Å². The van der Waals surface area contributed by atoms with E-state index in [1.165, 1.54) is 16.2 Å². The highest BCUT2D eigenvalue weighted by Crippen LogP contribution is 2.25. The summed E-state index contributed by atoms with van der Waals surface area (Å²) in [5, 5.41) is 2.87. The molecule has 1 N–H and O–H groups in total. The van der Waals surface area contributed by atoms with Crippen molar-refractivity contribution in [3.8, 4) is 0 Å². The van der Waals surface area contributed by atoms with Crippen LogP contribution in [0.25, 0.3) is 0 Å². The Bertz CT molecular complexity index is 706. The number of aryl methyl sites for hydroxylation is 2. The van der Waals surface area contributed by atoms with Crippen LogP contribution in [-0.4, -0.2) is 36.6 Å². The van der Waals surface area contributed by atoms with Gasteiger partial charge in [0.15, 0.2) is 0 Å². The number of likely N-dealkylation sites (N-methyl/N-ethyl adjacent to an activating group) is 1. The molecule has 0 aliphatic carbocycles. The second-order valence-corrected chi connectivity index (χ2v) is 7.36. The van der Waals surface area contributed by atoms with Gasteiger partial charge < -0.3 is 10.2 Å². The van der Waals surface area contributed by atoms with E-state index < -0.39 is 0 Å². The Morgan fingerprint density at radius 2 is 1.96 bits per heavy atom. The molecule has 0 saturated carbocycles. The Morgan fingerprint density at radius 1 is 1.26 bits per heavy atom. The van der Waals surface area contributed by atoms with Crippen LogP contribution < -0.4 is 5.32 Å². The van der Waals surface area contributed by atoms with Crippen LogP contribution in [-0.2, 0) is 4.79 Å². The number of carbonyl (C=O) groups excluding carboxylic acids is 2. The van der Waals surface area contributed by atoms with E-state index in [-0.39, 0.29) is 18.4 Å². The van der Waals surface area contributed by atoms with Gasteiger partial charge in [-0.3, -0.25) is 9.59 Å². The van der Waals surface area contributed by atoms with Crippen LogP contribution >= 0.6 is 23.1 Å². The van der Waals surface area contributed by atoms with Crippen molar-refractivity contribution < 1.29 is 9.59 Å². The van der Waals surface area contributed by atoms with E-state index >= 15 is 0 Å². The lowest BCUT2D eigenvalue weighted by atomic mass is 10.2. The first-order valence-electron chi connectivity index (χ1n) is 7.17. The Hall–Kier alpha value is -1.79. The average molecular weight is 348 g/mol. The smallest absolute Gasteiger partial charge is 0.264 e. The number of hydrogen-bond acceptors (Lipinski definition) is 4. The number of anilines is 1. The maximum Gasteiger partial charge on any atom is 0.264 e. The molecule has 0 saturated heterocycles. The van der Waals surface area contributed by atoms with Crippen LogP contribution in [0, 0.1) is 13.8 Å². The molecule has 6 heteroatoms. The third-order valence-electron chi connectivity index (χ3n) is 3.49. The quantitative estimate of drug-likeness (QED) is 0.836. The monoisotopic (exact) mass is 348 g/mol. The molecule has 0 radical (unpaired) electrons. The molecule has 2 rings (SSSR count). The van der Waals surface area contributed by atoms with Crippen molar-refractivity contribution in [3.63, 3.8) is 0 Å². The van der Waals surface area contributed by atoms with Gasteiger partial charge in [-0.25, -0.2) is 0 Å². The lowest BCUT2D eigenvalue weighted by molar-refractivity contribution is -0.116. The van der Waals surface area contributed by atoms with Crippen molar-refractivity contribution in [1.82, 2.24) is 4.90 Å². The van der Waals surface area contributed by atoms with Gasteiger partial charge in [0, 0.05) is 16.8 Å². The van der Waals surface area contributed by atoms with Crippen LogP contribution in [0.1, 0.15) is 20.1 Å². The largest absolute Gasteiger partial charge is 0.332 e. The first-order chi connectivity index (χ1) is 10.9. The van der Waals surface area contributed by atoms with Crippen molar-refractivity contribution in [2.45, 2.75) is 18.7 Å². The fraction of sp³-hybridized carbons (Fsp3) is 0.294. The highest BCUT2D eigenvalue weighted by atomic mass is 32.2. The molecule has 0 bridgehead atoms. The zero-order chi connectivity index (χ0) is 17.0. The van der Waals surface area contributed by atoms with Crippen LogP contribution in [0.15, 0.2) is 35.2 Å². The Morgan fingerprint density at radius 3 is 2.57 bits per heavy atom. The molecule has 1 heterocycles. The minimum atomic E-state index is -0.202. The van der Waals surface area contributed by atoms with Gasteiger partial charge in [0.2, 0.25) is 5.91 Å². The average Bonchev–Trinajstić information content (AvgIpc) is 2.86. The summed E-state index contributed by atoms with van der Waals surface area (Å²) in [7, 11) is 1.65. The second kappa shape index (κ2) is 7.66. The summed E-state index contributed by atoms with van der Waals surface area (Å²) in [6.45, 7) is 4.00. The topological polar surface area (TPSA) is 49.4 Å². The first kappa shape index (κ1) is 17.6. The molecule has 0 aliphatic heterocycles. The van der Waals surface area contributed by atoms with Gasteiger partial charge in [-0.15, -0.1) is 23.1 Å². The van der Waals surface area contributed by atoms with E-state index in [1.807, 2.05) is 50.4 Å². The maximum atomic E-state index is 12.4. The predicted molar refractivity (Wildman–Crippen MR) is 97.6 cm³/mol. The van der Waals surface area contributed by atoms with Gasteiger partial charge in [0.05, 0.1) is 17.1 Å². The number of nitrogens with zero attached hydrogens (tertiary/aromatic N) is 1. The first-order valence-corrected chi connectivity index (χ1v) is 9.22. The molecule has 0 fully saturated rings. The van der Waals surface area contributed by atoms with Gasteiger partial charge in [-0.2, -0.15) is 0 Å². The molecule has 122 valence electrons. The van der Waals surface area contributed by atoms with Crippen molar-refractivity contribution in [2.75, 3.05) is 25.2 Å². The van der Waals surface area contributed by atoms with Crippen molar-refractivity contribution in [1.29, 1.82) is 0 Å². The zero-order valence-corrected chi connectivity index (χ0v) is 15.3. The fourth-order valence-electron chi connectivity index (χ4n) is 2.09. The Labute approximate surface area is 144 Å². The molecule has 1 aromatic heterocycles. The molecule has 0 aliphatic rings. The normalized spacial score (nSPS) is 10.4. The molecule has 0 atom stereocenters. The molecule has 23 heavy (non-hydrogen) atoms. The van der Waals surface area contributed by atoms with E-state index in [0.29, 0.717) is 4.88 Å². The SMILES string of the molecule is CSc1ccccc1NC(=O)CN(C)C(=O)c1cc(C)c(C)s1. The highest BCUT2D eigenvalue weighted by Gasteiger charge is 2.18. The maximum absolute atomic E-state index is 12.4. The van der Waals surface area contributed by atoms with Crippen molar-refractivity contribution >= 4 is 40.6 Å². The highest BCUT2D eigenvalue weighted by molar-refractivity contribution is 7.98. The summed E-state index contributed by atoms with van der Waals surface area (Å²) in [5.41, 5.74) is 1.87. The summed E-state index contributed by atoms with van der Waals surface area (Å²) in [6.07, 6.45) is 1.96. The van der Waals surface area contributed by atoms with Gasteiger partial charge in [0.25, 0.3) is 5.91 Å². The number of amides is 2. The number of benzene rings is 1. The summed E-state index contributed by atoms with van der Waals surface area (Å²) < 4.78 is 0. The number of para-hydroxylation sites is 1. The zero-order valence-electron chi connectivity index (χ0n) is 13.7. The lowest BCUT2D eigenvalue weighted by Gasteiger charge is -2.16. The summed E-state index contributed by atoms with van der Waals surface area (Å²) in [4.78, 5) is 28.8. The van der Waals surface area contributed by atoms with Crippen LogP contribution in [0.5, 0.6) is 0 Å². The molecular weight excluding hydrogens is 328 g/mol. The van der Waals surface area contributed by atoms with E-state index in [2.05, 4.69) is 5.32 Å². The van der Waals surface area contributed by atoms with Crippen molar-refractivity contribution in [3.05, 3.63) is 45.6 Å². The predicted octanol–water partition coefficient (Wildman–Crippen LogP) is 3.80. The van der Waals surface area contributed by atoms with E-state index in [1.54, 1.807) is 18.8 Å². The molecule has 0 unspecified atom stereocenters.